The number of ketones is 1. The van der Waals surface area contributed by atoms with Crippen LogP contribution in [0.4, 0.5) is 0 Å². The van der Waals surface area contributed by atoms with E-state index >= 15 is 0 Å². The topological polar surface area (TPSA) is 107 Å². The van der Waals surface area contributed by atoms with E-state index < -0.39 is 12.1 Å². The van der Waals surface area contributed by atoms with Gasteiger partial charge in [0.1, 0.15) is 12.3 Å². The van der Waals surface area contributed by atoms with E-state index in [1.807, 2.05) is 54.6 Å². The van der Waals surface area contributed by atoms with Gasteiger partial charge in [0.05, 0.1) is 5.56 Å². The fraction of sp³-hybridized carbons (Fsp3) is 0.125. The molecule has 0 aliphatic rings. The van der Waals surface area contributed by atoms with Gasteiger partial charge in [-0.1, -0.05) is 54.6 Å². The predicted molar refractivity (Wildman–Crippen MR) is 117 cm³/mol. The van der Waals surface area contributed by atoms with Crippen molar-refractivity contribution < 1.29 is 19.4 Å². The summed E-state index contributed by atoms with van der Waals surface area (Å²) in [5.41, 5.74) is 2.94. The van der Waals surface area contributed by atoms with Gasteiger partial charge >= 0.3 is 5.97 Å². The molecule has 4 aromatic rings. The molecule has 0 saturated carbocycles. The van der Waals surface area contributed by atoms with Gasteiger partial charge in [-0.15, -0.1) is 10.2 Å². The molecule has 1 aromatic heterocycles. The molecule has 32 heavy (non-hydrogen) atoms. The van der Waals surface area contributed by atoms with E-state index in [0.717, 1.165) is 11.1 Å². The maximum Gasteiger partial charge on any atom is 0.335 e. The molecule has 1 N–H and O–H groups in total. The summed E-state index contributed by atoms with van der Waals surface area (Å²) in [6, 6.07) is 23.7. The summed E-state index contributed by atoms with van der Waals surface area (Å²) in [4.78, 5) is 24.7. The molecule has 3 aromatic carbocycles. The van der Waals surface area contributed by atoms with Gasteiger partial charge in [0.2, 0.25) is 5.82 Å². The fourth-order valence-electron chi connectivity index (χ4n) is 3.08. The highest BCUT2D eigenvalue weighted by molar-refractivity contribution is 5.88. The monoisotopic (exact) mass is 428 g/mol. The van der Waals surface area contributed by atoms with E-state index in [0.29, 0.717) is 17.1 Å². The number of carbonyl (C=O) groups is 2. The van der Waals surface area contributed by atoms with Crippen molar-refractivity contribution in [3.8, 4) is 28.3 Å². The Hall–Kier alpha value is -4.33. The largest absolute Gasteiger partial charge is 0.483 e. The molecule has 0 aliphatic heterocycles. The summed E-state index contributed by atoms with van der Waals surface area (Å²) >= 11 is 0. The normalized spacial score (nSPS) is 11.7. The zero-order valence-corrected chi connectivity index (χ0v) is 17.3. The number of benzene rings is 3. The van der Waals surface area contributed by atoms with Crippen LogP contribution in [0, 0.1) is 0 Å². The summed E-state index contributed by atoms with van der Waals surface area (Å²) in [7, 11) is 0. The molecule has 0 amide bonds. The minimum atomic E-state index is -1.01. The van der Waals surface area contributed by atoms with Crippen LogP contribution in [-0.2, 0) is 11.3 Å². The lowest BCUT2D eigenvalue weighted by molar-refractivity contribution is -0.126. The Morgan fingerprint density at radius 2 is 1.53 bits per heavy atom. The Morgan fingerprint density at radius 1 is 0.906 bits per heavy atom. The minimum Gasteiger partial charge on any atom is -0.483 e. The van der Waals surface area contributed by atoms with Gasteiger partial charge in [-0.2, -0.15) is 4.80 Å². The van der Waals surface area contributed by atoms with Crippen molar-refractivity contribution in [2.45, 2.75) is 19.6 Å². The highest BCUT2D eigenvalue weighted by atomic mass is 16.5. The van der Waals surface area contributed by atoms with E-state index in [-0.39, 0.29) is 17.9 Å². The van der Waals surface area contributed by atoms with Gasteiger partial charge in [-0.25, -0.2) is 4.79 Å². The molecule has 8 heteroatoms. The molecule has 0 radical (unpaired) electrons. The summed E-state index contributed by atoms with van der Waals surface area (Å²) in [5, 5.41) is 21.0. The zero-order chi connectivity index (χ0) is 22.5. The average Bonchev–Trinajstić information content (AvgIpc) is 3.28. The van der Waals surface area contributed by atoms with Crippen molar-refractivity contribution >= 4 is 11.8 Å². The number of carboxylic acids is 1. The smallest absolute Gasteiger partial charge is 0.335 e. The zero-order valence-electron chi connectivity index (χ0n) is 17.3. The number of tetrazole rings is 1. The third-order valence-corrected chi connectivity index (χ3v) is 4.87. The van der Waals surface area contributed by atoms with Crippen molar-refractivity contribution in [2.24, 2.45) is 0 Å². The number of carboxylic acid groups (broad SMARTS) is 1. The predicted octanol–water partition coefficient (Wildman–Crippen LogP) is 3.74. The number of hydrogen-bond acceptors (Lipinski definition) is 6. The summed E-state index contributed by atoms with van der Waals surface area (Å²) in [6.07, 6.45) is -0.693. The molecule has 4 rings (SSSR count). The van der Waals surface area contributed by atoms with E-state index in [9.17, 15) is 9.59 Å². The van der Waals surface area contributed by atoms with Crippen LogP contribution in [0.3, 0.4) is 0 Å². The van der Waals surface area contributed by atoms with E-state index in [4.69, 9.17) is 9.84 Å². The molecule has 1 heterocycles. The molecule has 0 aliphatic carbocycles. The molecule has 0 fully saturated rings. The SMILES string of the molecule is CC(Oc1ccc(-c2ccccc2)cc1)C(=O)Cn1nnc(-c2ccc(C(=O)O)cc2)n1. The van der Waals surface area contributed by atoms with Crippen LogP contribution < -0.4 is 4.74 Å². The molecular weight excluding hydrogens is 408 g/mol. The van der Waals surface area contributed by atoms with E-state index in [1.165, 1.54) is 16.9 Å². The number of ether oxygens (including phenoxy) is 1. The number of aromatic carboxylic acids is 1. The van der Waals surface area contributed by atoms with Crippen LogP contribution in [0.1, 0.15) is 17.3 Å². The summed E-state index contributed by atoms with van der Waals surface area (Å²) in [5.74, 6) is -0.319. The third kappa shape index (κ3) is 4.86. The van der Waals surface area contributed by atoms with Gasteiger partial charge in [0.25, 0.3) is 0 Å². The molecule has 8 nitrogen and oxygen atoms in total. The highest BCUT2D eigenvalue weighted by Gasteiger charge is 2.17. The lowest BCUT2D eigenvalue weighted by atomic mass is 10.1. The first-order valence-corrected chi connectivity index (χ1v) is 9.96. The van der Waals surface area contributed by atoms with Crippen molar-refractivity contribution in [3.05, 3.63) is 84.4 Å². The lowest BCUT2D eigenvalue weighted by Gasteiger charge is -2.13. The van der Waals surface area contributed by atoms with Crippen molar-refractivity contribution in [1.82, 2.24) is 20.2 Å². The van der Waals surface area contributed by atoms with Gasteiger partial charge < -0.3 is 9.84 Å². The first-order chi connectivity index (χ1) is 15.5. The average molecular weight is 428 g/mol. The Bertz CT molecular complexity index is 1220. The minimum absolute atomic E-state index is 0.0938. The molecule has 0 saturated heterocycles. The van der Waals surface area contributed by atoms with Gasteiger partial charge in [-0.05, 0) is 47.5 Å². The van der Waals surface area contributed by atoms with Crippen molar-refractivity contribution in [3.63, 3.8) is 0 Å². The second-order valence-corrected chi connectivity index (χ2v) is 7.14. The third-order valence-electron chi connectivity index (χ3n) is 4.87. The number of nitrogens with zero attached hydrogens (tertiary/aromatic N) is 4. The number of rotatable bonds is 8. The Kier molecular flexibility index (Phi) is 6.03. The van der Waals surface area contributed by atoms with Crippen LogP contribution in [0.5, 0.6) is 5.75 Å². The van der Waals surface area contributed by atoms with Gasteiger partial charge in [0, 0.05) is 5.56 Å². The maximum absolute atomic E-state index is 12.6. The Labute approximate surface area is 184 Å². The van der Waals surface area contributed by atoms with Crippen LogP contribution in [0.2, 0.25) is 0 Å². The van der Waals surface area contributed by atoms with Gasteiger partial charge in [0.15, 0.2) is 11.9 Å². The molecule has 0 bridgehead atoms. The van der Waals surface area contributed by atoms with E-state index in [2.05, 4.69) is 15.4 Å². The second kappa shape index (κ2) is 9.22. The number of aromatic nitrogens is 4. The van der Waals surface area contributed by atoms with Crippen LogP contribution in [0.15, 0.2) is 78.9 Å². The summed E-state index contributed by atoms with van der Waals surface area (Å²) in [6.45, 7) is 1.58. The molecule has 1 atom stereocenters. The standard InChI is InChI=1S/C24H20N4O4/c1-16(32-21-13-11-18(12-14-21)17-5-3-2-4-6-17)22(29)15-28-26-23(25-27-28)19-7-9-20(10-8-19)24(30)31/h2-14,16H,15H2,1H3,(H,30,31). The van der Waals surface area contributed by atoms with Gasteiger partial charge in [-0.3, -0.25) is 4.79 Å². The Morgan fingerprint density at radius 3 is 2.19 bits per heavy atom. The van der Waals surface area contributed by atoms with Crippen LogP contribution in [0.25, 0.3) is 22.5 Å². The van der Waals surface area contributed by atoms with Crippen LogP contribution >= 0.6 is 0 Å². The summed E-state index contributed by atoms with van der Waals surface area (Å²) < 4.78 is 5.77. The lowest BCUT2D eigenvalue weighted by Crippen LogP contribution is -2.28. The molecule has 0 spiro atoms. The van der Waals surface area contributed by atoms with E-state index in [1.54, 1.807) is 19.1 Å². The maximum atomic E-state index is 12.6. The number of hydrogen-bond donors (Lipinski definition) is 1. The molecular formula is C24H20N4O4. The quantitative estimate of drug-likeness (QED) is 0.455. The first-order valence-electron chi connectivity index (χ1n) is 9.96. The van der Waals surface area contributed by atoms with Crippen molar-refractivity contribution in [1.29, 1.82) is 0 Å². The van der Waals surface area contributed by atoms with Crippen LogP contribution in [-0.4, -0.2) is 43.2 Å². The molecule has 160 valence electrons. The first kappa shape index (κ1) is 20.9. The molecule has 1 unspecified atom stereocenters. The highest BCUT2D eigenvalue weighted by Crippen LogP contribution is 2.23. The Balaban J connectivity index is 1.36. The van der Waals surface area contributed by atoms with Crippen molar-refractivity contribution in [2.75, 3.05) is 0 Å². The number of carbonyl (C=O) groups excluding carboxylic acids is 1. The fourth-order valence-corrected chi connectivity index (χ4v) is 3.08. The second-order valence-electron chi connectivity index (χ2n) is 7.14. The number of Topliss-reactive ketones (excluding diaryl/α,β-unsaturated/α-hetero) is 1.